The van der Waals surface area contributed by atoms with Crippen LogP contribution in [0, 0.1) is 0 Å². The monoisotopic (exact) mass is 346 g/mol. The maximum atomic E-state index is 11.5. The Kier molecular flexibility index (Phi) is 3.68. The van der Waals surface area contributed by atoms with Crippen LogP contribution in [-0.2, 0) is 9.84 Å². The first-order valence-electron chi connectivity index (χ1n) is 6.01. The number of sulfone groups is 1. The molecular weight excluding hydrogens is 336 g/mol. The highest BCUT2D eigenvalue weighted by Gasteiger charge is 2.36. The number of rotatable bonds is 2. The second-order valence-corrected chi connectivity index (χ2v) is 7.74. The van der Waals surface area contributed by atoms with Crippen LogP contribution in [0.1, 0.15) is 0 Å². The molecule has 21 heavy (non-hydrogen) atoms. The summed E-state index contributed by atoms with van der Waals surface area (Å²) in [5, 5.41) is 5.53. The number of fused-ring (bicyclic) bond motifs is 1. The first-order valence-corrected chi connectivity index (χ1v) is 8.67. The Balaban J connectivity index is 1.71. The summed E-state index contributed by atoms with van der Waals surface area (Å²) in [5.74, 6) is 0.376. The number of halogens is 1. The molecule has 0 unspecified atom stereocenters. The van der Waals surface area contributed by atoms with Gasteiger partial charge in [-0.15, -0.1) is 11.6 Å². The van der Waals surface area contributed by atoms with E-state index in [0.717, 1.165) is 0 Å². The SMILES string of the molecule is O=S1(=O)C[C@H](Cl)[C@H](NC(=S)Nc2ncnc3nc[nH]c23)C1. The molecule has 0 aromatic carbocycles. The summed E-state index contributed by atoms with van der Waals surface area (Å²) in [6.07, 6.45) is 2.86. The zero-order valence-electron chi connectivity index (χ0n) is 10.6. The largest absolute Gasteiger partial charge is 0.357 e. The Hall–Kier alpha value is -1.52. The normalized spacial score (nSPS) is 24.0. The Morgan fingerprint density at radius 3 is 2.90 bits per heavy atom. The van der Waals surface area contributed by atoms with Gasteiger partial charge in [-0.05, 0) is 12.2 Å². The van der Waals surface area contributed by atoms with E-state index in [4.69, 9.17) is 23.8 Å². The van der Waals surface area contributed by atoms with Crippen LogP contribution in [-0.4, -0.2) is 56.4 Å². The number of aromatic amines is 1. The van der Waals surface area contributed by atoms with E-state index in [1.807, 2.05) is 0 Å². The van der Waals surface area contributed by atoms with Gasteiger partial charge >= 0.3 is 0 Å². The molecule has 1 aliphatic rings. The van der Waals surface area contributed by atoms with E-state index in [9.17, 15) is 8.42 Å². The van der Waals surface area contributed by atoms with Crippen molar-refractivity contribution in [2.75, 3.05) is 16.8 Å². The third kappa shape index (κ3) is 3.06. The number of alkyl halides is 1. The van der Waals surface area contributed by atoms with Gasteiger partial charge in [-0.25, -0.2) is 23.4 Å². The maximum absolute atomic E-state index is 11.5. The smallest absolute Gasteiger partial charge is 0.182 e. The van der Waals surface area contributed by atoms with Crippen LogP contribution in [0.2, 0.25) is 0 Å². The summed E-state index contributed by atoms with van der Waals surface area (Å²) in [6.45, 7) is 0. The molecule has 0 saturated carbocycles. The molecule has 3 rings (SSSR count). The van der Waals surface area contributed by atoms with E-state index in [-0.39, 0.29) is 16.6 Å². The summed E-state index contributed by atoms with van der Waals surface area (Å²) >= 11 is 11.2. The zero-order valence-corrected chi connectivity index (χ0v) is 13.0. The van der Waals surface area contributed by atoms with Crippen molar-refractivity contribution in [3.05, 3.63) is 12.7 Å². The summed E-state index contributed by atoms with van der Waals surface area (Å²) < 4.78 is 23.0. The van der Waals surface area contributed by atoms with Crippen LogP contribution in [0.3, 0.4) is 0 Å². The lowest BCUT2D eigenvalue weighted by Crippen LogP contribution is -2.42. The van der Waals surface area contributed by atoms with Crippen LogP contribution in [0.25, 0.3) is 11.2 Å². The van der Waals surface area contributed by atoms with Crippen LogP contribution in [0.4, 0.5) is 5.82 Å². The van der Waals surface area contributed by atoms with Crippen molar-refractivity contribution in [3.8, 4) is 0 Å². The number of nitrogens with one attached hydrogen (secondary N) is 3. The maximum Gasteiger partial charge on any atom is 0.182 e. The van der Waals surface area contributed by atoms with Crippen molar-refractivity contribution in [1.82, 2.24) is 25.3 Å². The van der Waals surface area contributed by atoms with Crippen molar-refractivity contribution in [2.45, 2.75) is 11.4 Å². The molecule has 1 aliphatic heterocycles. The van der Waals surface area contributed by atoms with Gasteiger partial charge in [0.15, 0.2) is 26.4 Å². The van der Waals surface area contributed by atoms with Crippen LogP contribution in [0.5, 0.6) is 0 Å². The molecule has 0 radical (unpaired) electrons. The molecular formula is C10H11ClN6O2S2. The Bertz CT molecular complexity index is 792. The zero-order chi connectivity index (χ0) is 15.0. The second-order valence-electron chi connectivity index (χ2n) is 4.62. The molecule has 112 valence electrons. The molecule has 1 fully saturated rings. The number of aromatic nitrogens is 4. The Morgan fingerprint density at radius 2 is 2.19 bits per heavy atom. The predicted octanol–water partition coefficient (Wildman–Crippen LogP) is 0.0437. The van der Waals surface area contributed by atoms with Gasteiger partial charge in [-0.1, -0.05) is 0 Å². The lowest BCUT2D eigenvalue weighted by atomic mass is 10.2. The average Bonchev–Trinajstić information content (AvgIpc) is 2.94. The van der Waals surface area contributed by atoms with Crippen molar-refractivity contribution < 1.29 is 8.42 Å². The van der Waals surface area contributed by atoms with Gasteiger partial charge in [0.1, 0.15) is 11.8 Å². The topological polar surface area (TPSA) is 113 Å². The summed E-state index contributed by atoms with van der Waals surface area (Å²) in [6, 6.07) is -0.421. The van der Waals surface area contributed by atoms with E-state index >= 15 is 0 Å². The highest BCUT2D eigenvalue weighted by atomic mass is 35.5. The third-order valence-electron chi connectivity index (χ3n) is 3.05. The predicted molar refractivity (Wildman–Crippen MR) is 83.1 cm³/mol. The lowest BCUT2D eigenvalue weighted by molar-refractivity contribution is 0.600. The molecule has 2 atom stereocenters. The minimum atomic E-state index is -3.11. The molecule has 0 bridgehead atoms. The standard InChI is InChI=1S/C10H11ClN6O2S2/c11-5-1-21(18,19)2-6(5)16-10(20)17-9-7-8(13-3-12-7)14-4-15-9/h3-6H,1-2H2,(H3,12,13,14,15,16,17,20)/t5-,6+/m0/s1. The van der Waals surface area contributed by atoms with Gasteiger partial charge in [0.2, 0.25) is 0 Å². The molecule has 11 heteroatoms. The van der Waals surface area contributed by atoms with Crippen LogP contribution in [0.15, 0.2) is 12.7 Å². The van der Waals surface area contributed by atoms with E-state index in [2.05, 4.69) is 30.6 Å². The number of hydrogen-bond donors (Lipinski definition) is 3. The molecule has 1 saturated heterocycles. The van der Waals surface area contributed by atoms with Crippen molar-refractivity contribution in [1.29, 1.82) is 0 Å². The number of hydrogen-bond acceptors (Lipinski definition) is 6. The lowest BCUT2D eigenvalue weighted by Gasteiger charge is -2.17. The van der Waals surface area contributed by atoms with Gasteiger partial charge in [0.25, 0.3) is 0 Å². The third-order valence-corrected chi connectivity index (χ3v) is 5.65. The van der Waals surface area contributed by atoms with Gasteiger partial charge in [-0.2, -0.15) is 0 Å². The molecule has 0 aliphatic carbocycles. The van der Waals surface area contributed by atoms with E-state index in [1.165, 1.54) is 12.7 Å². The first kappa shape index (κ1) is 14.4. The highest BCUT2D eigenvalue weighted by molar-refractivity contribution is 7.91. The Morgan fingerprint density at radius 1 is 1.38 bits per heavy atom. The fourth-order valence-electron chi connectivity index (χ4n) is 2.11. The Labute approximate surface area is 130 Å². The fraction of sp³-hybridized carbons (Fsp3) is 0.400. The summed E-state index contributed by atoms with van der Waals surface area (Å²) in [5.41, 5.74) is 1.12. The average molecular weight is 347 g/mol. The van der Waals surface area contributed by atoms with Crippen LogP contribution < -0.4 is 10.6 Å². The fourth-order valence-corrected chi connectivity index (χ4v) is 4.91. The highest BCUT2D eigenvalue weighted by Crippen LogP contribution is 2.19. The molecule has 3 heterocycles. The summed E-state index contributed by atoms with van der Waals surface area (Å²) in [4.78, 5) is 15.0. The van der Waals surface area contributed by atoms with Gasteiger partial charge in [0, 0.05) is 0 Å². The quantitative estimate of drug-likeness (QED) is 0.516. The number of H-pyrrole nitrogens is 1. The molecule has 8 nitrogen and oxygen atoms in total. The number of thiocarbonyl (C=S) groups is 1. The van der Waals surface area contributed by atoms with Crippen LogP contribution >= 0.6 is 23.8 Å². The van der Waals surface area contributed by atoms with E-state index in [0.29, 0.717) is 17.0 Å². The van der Waals surface area contributed by atoms with Gasteiger partial charge in [0.05, 0.1) is 29.3 Å². The van der Waals surface area contributed by atoms with Gasteiger partial charge < -0.3 is 15.6 Å². The molecule has 3 N–H and O–H groups in total. The summed E-state index contributed by atoms with van der Waals surface area (Å²) in [7, 11) is -3.11. The number of anilines is 1. The molecule has 2 aromatic heterocycles. The number of nitrogens with zero attached hydrogens (tertiary/aromatic N) is 3. The van der Waals surface area contributed by atoms with E-state index in [1.54, 1.807) is 0 Å². The van der Waals surface area contributed by atoms with Crippen molar-refractivity contribution in [2.24, 2.45) is 0 Å². The minimum Gasteiger partial charge on any atom is -0.357 e. The molecule has 0 amide bonds. The van der Waals surface area contributed by atoms with Gasteiger partial charge in [-0.3, -0.25) is 0 Å². The molecule has 0 spiro atoms. The molecule has 2 aromatic rings. The first-order chi connectivity index (χ1) is 9.94. The van der Waals surface area contributed by atoms with E-state index < -0.39 is 21.3 Å². The minimum absolute atomic E-state index is 0.0355. The number of imidazole rings is 1. The van der Waals surface area contributed by atoms with Crippen molar-refractivity contribution >= 4 is 55.8 Å². The van der Waals surface area contributed by atoms with Crippen molar-refractivity contribution in [3.63, 3.8) is 0 Å². The second kappa shape index (κ2) is 5.35.